The number of hydrogen-bond donors (Lipinski definition) is 1. The molecule has 0 aromatic rings. The van der Waals surface area contributed by atoms with Crippen LogP contribution in [0.1, 0.15) is 39.5 Å². The molecule has 0 aromatic heterocycles. The number of nitrogens with zero attached hydrogens (tertiary/aromatic N) is 1. The van der Waals surface area contributed by atoms with Crippen molar-refractivity contribution in [1.82, 2.24) is 4.90 Å². The molecule has 0 unspecified atom stereocenters. The lowest BCUT2D eigenvalue weighted by Gasteiger charge is -2.38. The average Bonchev–Trinajstić information content (AvgIpc) is 2.17. The average molecular weight is 184 g/mol. The van der Waals surface area contributed by atoms with Gasteiger partial charge in [0, 0.05) is 0 Å². The summed E-state index contributed by atoms with van der Waals surface area (Å²) >= 11 is 0. The Kier molecular flexibility index (Phi) is 4.20. The molecule has 1 aliphatic heterocycles. The highest BCUT2D eigenvalue weighted by molar-refractivity contribution is 4.81. The molecular weight excluding hydrogens is 160 g/mol. The van der Waals surface area contributed by atoms with E-state index in [1.165, 1.54) is 38.9 Å². The summed E-state index contributed by atoms with van der Waals surface area (Å²) in [6, 6.07) is 0. The van der Waals surface area contributed by atoms with Gasteiger partial charge < -0.3 is 10.6 Å². The zero-order chi connectivity index (χ0) is 9.73. The molecule has 78 valence electrons. The lowest BCUT2D eigenvalue weighted by molar-refractivity contribution is 0.114. The minimum absolute atomic E-state index is 0.624. The molecule has 1 rings (SSSR count). The molecule has 0 radical (unpaired) electrons. The van der Waals surface area contributed by atoms with Gasteiger partial charge in [0.1, 0.15) is 0 Å². The molecule has 0 spiro atoms. The van der Waals surface area contributed by atoms with Gasteiger partial charge in [-0.15, -0.1) is 0 Å². The van der Waals surface area contributed by atoms with E-state index in [9.17, 15) is 0 Å². The van der Waals surface area contributed by atoms with Crippen LogP contribution in [0.5, 0.6) is 0 Å². The number of rotatable bonds is 4. The van der Waals surface area contributed by atoms with E-state index in [4.69, 9.17) is 5.73 Å². The highest BCUT2D eigenvalue weighted by atomic mass is 15.1. The second kappa shape index (κ2) is 4.97. The van der Waals surface area contributed by atoms with Crippen LogP contribution in [0.25, 0.3) is 0 Å². The van der Waals surface area contributed by atoms with Crippen molar-refractivity contribution >= 4 is 0 Å². The fourth-order valence-electron chi connectivity index (χ4n) is 1.98. The van der Waals surface area contributed by atoms with Gasteiger partial charge >= 0.3 is 0 Å². The Labute approximate surface area is 82.5 Å². The first-order valence-corrected chi connectivity index (χ1v) is 5.62. The summed E-state index contributed by atoms with van der Waals surface area (Å²) in [4.78, 5) is 2.56. The van der Waals surface area contributed by atoms with Crippen molar-refractivity contribution < 1.29 is 0 Å². The van der Waals surface area contributed by atoms with Crippen LogP contribution < -0.4 is 5.73 Å². The normalized spacial score (nSPS) is 23.3. The monoisotopic (exact) mass is 184 g/mol. The van der Waals surface area contributed by atoms with E-state index in [-0.39, 0.29) is 0 Å². The van der Waals surface area contributed by atoms with E-state index in [0.717, 1.165) is 13.0 Å². The fraction of sp³-hybridized carbons (Fsp3) is 1.00. The van der Waals surface area contributed by atoms with Crippen LogP contribution in [0.15, 0.2) is 0 Å². The van der Waals surface area contributed by atoms with Crippen LogP contribution in [0.2, 0.25) is 0 Å². The molecule has 2 N–H and O–H groups in total. The zero-order valence-corrected chi connectivity index (χ0v) is 9.18. The van der Waals surface area contributed by atoms with Crippen LogP contribution in [-0.4, -0.2) is 31.1 Å². The third kappa shape index (κ3) is 3.28. The van der Waals surface area contributed by atoms with Gasteiger partial charge in [-0.2, -0.15) is 0 Å². The molecule has 13 heavy (non-hydrogen) atoms. The minimum atomic E-state index is 0.624. The fourth-order valence-corrected chi connectivity index (χ4v) is 1.98. The van der Waals surface area contributed by atoms with E-state index >= 15 is 0 Å². The maximum Gasteiger partial charge on any atom is -0.000671 e. The molecule has 2 nitrogen and oxygen atoms in total. The second-order valence-corrected chi connectivity index (χ2v) is 4.65. The summed E-state index contributed by atoms with van der Waals surface area (Å²) in [5, 5.41) is 0. The van der Waals surface area contributed by atoms with E-state index < -0.39 is 0 Å². The summed E-state index contributed by atoms with van der Waals surface area (Å²) in [6.45, 7) is 9.34. The maximum absolute atomic E-state index is 5.50. The van der Waals surface area contributed by atoms with E-state index in [1.54, 1.807) is 0 Å². The van der Waals surface area contributed by atoms with Crippen molar-refractivity contribution in [2.24, 2.45) is 11.1 Å². The van der Waals surface area contributed by atoms with Gasteiger partial charge in [0.05, 0.1) is 0 Å². The summed E-state index contributed by atoms with van der Waals surface area (Å²) < 4.78 is 0. The van der Waals surface area contributed by atoms with Crippen LogP contribution in [0.4, 0.5) is 0 Å². The molecule has 0 amide bonds. The van der Waals surface area contributed by atoms with Crippen LogP contribution >= 0.6 is 0 Å². The Morgan fingerprint density at radius 3 is 2.38 bits per heavy atom. The maximum atomic E-state index is 5.50. The summed E-state index contributed by atoms with van der Waals surface area (Å²) in [6.07, 6.45) is 5.22. The molecule has 0 bridgehead atoms. The quantitative estimate of drug-likeness (QED) is 0.722. The van der Waals surface area contributed by atoms with Crippen LogP contribution in [0.3, 0.4) is 0 Å². The van der Waals surface area contributed by atoms with Crippen molar-refractivity contribution in [2.75, 3.05) is 26.2 Å². The second-order valence-electron chi connectivity index (χ2n) is 4.65. The van der Waals surface area contributed by atoms with E-state index in [1.807, 2.05) is 0 Å². The molecule has 1 aliphatic rings. The van der Waals surface area contributed by atoms with Gasteiger partial charge in [-0.25, -0.2) is 0 Å². The van der Waals surface area contributed by atoms with Gasteiger partial charge in [-0.05, 0) is 50.9 Å². The predicted octanol–water partition coefficient (Wildman–Crippen LogP) is 1.85. The van der Waals surface area contributed by atoms with Crippen molar-refractivity contribution in [3.8, 4) is 0 Å². The van der Waals surface area contributed by atoms with Gasteiger partial charge in [0.25, 0.3) is 0 Å². The third-order valence-electron chi connectivity index (χ3n) is 3.60. The molecule has 1 heterocycles. The van der Waals surface area contributed by atoms with E-state index in [2.05, 4.69) is 18.7 Å². The molecule has 0 atom stereocenters. The minimum Gasteiger partial charge on any atom is -0.330 e. The Bertz CT molecular complexity index is 137. The van der Waals surface area contributed by atoms with Crippen molar-refractivity contribution in [3.05, 3.63) is 0 Å². The molecule has 1 saturated heterocycles. The van der Waals surface area contributed by atoms with Crippen LogP contribution in [0, 0.1) is 5.41 Å². The largest absolute Gasteiger partial charge is 0.330 e. The highest BCUT2D eigenvalue weighted by Gasteiger charge is 2.27. The van der Waals surface area contributed by atoms with Gasteiger partial charge in [-0.3, -0.25) is 0 Å². The predicted molar refractivity (Wildman–Crippen MR) is 57.7 cm³/mol. The molecule has 1 fully saturated rings. The summed E-state index contributed by atoms with van der Waals surface area (Å²) in [7, 11) is 0. The smallest absolute Gasteiger partial charge is 0.000671 e. The topological polar surface area (TPSA) is 29.3 Å². The molecule has 2 heteroatoms. The van der Waals surface area contributed by atoms with Gasteiger partial charge in [0.15, 0.2) is 0 Å². The number of likely N-dealkylation sites (tertiary alicyclic amines) is 1. The molecule has 0 aliphatic carbocycles. The molecule has 0 aromatic carbocycles. The SMILES string of the molecule is CCC1(C)CCN(CCCN)CC1. The summed E-state index contributed by atoms with van der Waals surface area (Å²) in [5.74, 6) is 0. The van der Waals surface area contributed by atoms with Crippen molar-refractivity contribution in [2.45, 2.75) is 39.5 Å². The first-order valence-electron chi connectivity index (χ1n) is 5.62. The third-order valence-corrected chi connectivity index (χ3v) is 3.60. The Balaban J connectivity index is 2.22. The first-order chi connectivity index (χ1) is 6.20. The zero-order valence-electron chi connectivity index (χ0n) is 9.18. The Morgan fingerprint density at radius 1 is 1.31 bits per heavy atom. The number of nitrogens with two attached hydrogens (primary N) is 1. The molecule has 0 saturated carbocycles. The van der Waals surface area contributed by atoms with Gasteiger partial charge in [0.2, 0.25) is 0 Å². The number of hydrogen-bond acceptors (Lipinski definition) is 2. The number of piperidine rings is 1. The van der Waals surface area contributed by atoms with Crippen LogP contribution in [-0.2, 0) is 0 Å². The highest BCUT2D eigenvalue weighted by Crippen LogP contribution is 2.33. The lowest BCUT2D eigenvalue weighted by Crippen LogP contribution is -2.39. The van der Waals surface area contributed by atoms with Crippen molar-refractivity contribution in [1.29, 1.82) is 0 Å². The van der Waals surface area contributed by atoms with Gasteiger partial charge in [-0.1, -0.05) is 20.3 Å². The lowest BCUT2D eigenvalue weighted by atomic mass is 9.78. The van der Waals surface area contributed by atoms with E-state index in [0.29, 0.717) is 5.41 Å². The first kappa shape index (κ1) is 11.0. The van der Waals surface area contributed by atoms with Crippen molar-refractivity contribution in [3.63, 3.8) is 0 Å². The Hall–Kier alpha value is -0.0800. The Morgan fingerprint density at radius 2 is 1.92 bits per heavy atom. The summed E-state index contributed by atoms with van der Waals surface area (Å²) in [5.41, 5.74) is 6.12. The standard InChI is InChI=1S/C11H24N2/c1-3-11(2)5-9-13(10-6-11)8-4-7-12/h3-10,12H2,1-2H3. The molecular formula is C11H24N2.